The summed E-state index contributed by atoms with van der Waals surface area (Å²) in [5.41, 5.74) is 7.71. The molecule has 24 heavy (non-hydrogen) atoms. The van der Waals surface area contributed by atoms with Crippen molar-refractivity contribution < 1.29 is 9.53 Å². The van der Waals surface area contributed by atoms with E-state index in [9.17, 15) is 4.79 Å². The molecule has 0 spiro atoms. The summed E-state index contributed by atoms with van der Waals surface area (Å²) < 4.78 is 5.53. The molecular weight excluding hydrogens is 320 g/mol. The molecule has 0 saturated heterocycles. The number of ether oxygens (including phenoxy) is 1. The average Bonchev–Trinajstić information content (AvgIpc) is 2.50. The fourth-order valence-corrected chi connectivity index (χ4v) is 2.64. The number of para-hydroxylation sites is 1. The van der Waals surface area contributed by atoms with Crippen molar-refractivity contribution in [2.24, 2.45) is 5.73 Å². The Hall–Kier alpha value is -2.53. The van der Waals surface area contributed by atoms with Gasteiger partial charge in [-0.15, -0.1) is 0 Å². The number of hydrogen-bond donors (Lipinski definition) is 1. The maximum Gasteiger partial charge on any atom is 0.339 e. The maximum absolute atomic E-state index is 12.7. The summed E-state index contributed by atoms with van der Waals surface area (Å²) in [6, 6.07) is 13.2. The van der Waals surface area contributed by atoms with Crippen LogP contribution in [0.4, 0.5) is 0 Å². The second-order valence-corrected chi connectivity index (χ2v) is 7.08. The molecule has 1 heterocycles. The Balaban J connectivity index is 2.30. The summed E-state index contributed by atoms with van der Waals surface area (Å²) in [6.45, 7) is 5.49. The molecule has 3 aromatic rings. The molecule has 1 aromatic heterocycles. The zero-order valence-electron chi connectivity index (χ0n) is 13.8. The van der Waals surface area contributed by atoms with E-state index < -0.39 is 11.6 Å². The predicted molar refractivity (Wildman–Crippen MR) is 100 cm³/mol. The first kappa shape index (κ1) is 16.3. The molecule has 0 radical (unpaired) electrons. The van der Waals surface area contributed by atoms with E-state index in [-0.39, 0.29) is 4.99 Å². The average molecular weight is 338 g/mol. The zero-order valence-corrected chi connectivity index (χ0v) is 14.6. The minimum absolute atomic E-state index is 0.219. The second kappa shape index (κ2) is 5.83. The summed E-state index contributed by atoms with van der Waals surface area (Å²) in [6.07, 6.45) is 0. The van der Waals surface area contributed by atoms with Gasteiger partial charge < -0.3 is 10.5 Å². The molecule has 122 valence electrons. The van der Waals surface area contributed by atoms with Crippen LogP contribution in [0.5, 0.6) is 0 Å². The number of nitrogens with zero attached hydrogens (tertiary/aromatic N) is 1. The number of fused-ring (bicyclic) bond motifs is 2. The van der Waals surface area contributed by atoms with Crippen molar-refractivity contribution in [2.45, 2.75) is 26.4 Å². The van der Waals surface area contributed by atoms with E-state index in [2.05, 4.69) is 4.98 Å². The van der Waals surface area contributed by atoms with E-state index in [1.165, 1.54) is 0 Å². The van der Waals surface area contributed by atoms with E-state index in [0.717, 1.165) is 16.3 Å². The topological polar surface area (TPSA) is 65.2 Å². The van der Waals surface area contributed by atoms with Crippen LogP contribution in [0.3, 0.4) is 0 Å². The van der Waals surface area contributed by atoms with Crippen LogP contribution < -0.4 is 5.73 Å². The van der Waals surface area contributed by atoms with Crippen LogP contribution in [0.15, 0.2) is 42.5 Å². The quantitative estimate of drug-likeness (QED) is 0.435. The second-order valence-electron chi connectivity index (χ2n) is 6.64. The van der Waals surface area contributed by atoms with Crippen molar-refractivity contribution in [3.05, 3.63) is 53.6 Å². The van der Waals surface area contributed by atoms with Crippen LogP contribution in [0.25, 0.3) is 21.8 Å². The van der Waals surface area contributed by atoms with Crippen LogP contribution in [-0.2, 0) is 4.74 Å². The van der Waals surface area contributed by atoms with Crippen LogP contribution in [0, 0.1) is 0 Å². The molecule has 3 rings (SSSR count). The molecule has 5 heteroatoms. The number of nitrogens with two attached hydrogens (primary N) is 1. The van der Waals surface area contributed by atoms with Crippen molar-refractivity contribution in [1.82, 2.24) is 4.98 Å². The largest absolute Gasteiger partial charge is 0.456 e. The monoisotopic (exact) mass is 338 g/mol. The third-order valence-electron chi connectivity index (χ3n) is 3.54. The molecule has 0 bridgehead atoms. The Morgan fingerprint density at radius 1 is 1.12 bits per heavy atom. The van der Waals surface area contributed by atoms with Gasteiger partial charge in [0.25, 0.3) is 0 Å². The Labute approximate surface area is 145 Å². The molecule has 0 fully saturated rings. The lowest BCUT2D eigenvalue weighted by atomic mass is 10.0. The van der Waals surface area contributed by atoms with Crippen molar-refractivity contribution in [2.75, 3.05) is 0 Å². The van der Waals surface area contributed by atoms with Gasteiger partial charge in [0.2, 0.25) is 0 Å². The number of rotatable bonds is 2. The third-order valence-corrected chi connectivity index (χ3v) is 3.77. The highest BCUT2D eigenvalue weighted by Gasteiger charge is 2.21. The molecule has 4 nitrogen and oxygen atoms in total. The maximum atomic E-state index is 12.7. The molecule has 0 amide bonds. The van der Waals surface area contributed by atoms with Crippen molar-refractivity contribution in [3.8, 4) is 0 Å². The number of hydrogen-bond acceptors (Lipinski definition) is 4. The summed E-state index contributed by atoms with van der Waals surface area (Å²) >= 11 is 5.07. The highest BCUT2D eigenvalue weighted by Crippen LogP contribution is 2.26. The number of benzene rings is 2. The van der Waals surface area contributed by atoms with Gasteiger partial charge in [-0.05, 0) is 45.0 Å². The molecule has 0 aliphatic heterocycles. The van der Waals surface area contributed by atoms with Gasteiger partial charge >= 0.3 is 5.97 Å². The predicted octanol–water partition coefficient (Wildman–Crippen LogP) is 3.98. The number of aromatic nitrogens is 1. The molecule has 0 unspecified atom stereocenters. The number of carbonyl (C=O) groups excluding carboxylic acids is 1. The molecule has 2 aromatic carbocycles. The Bertz CT molecular complexity index is 974. The number of esters is 1. The number of thiocarbonyl (C=S) groups is 1. The summed E-state index contributed by atoms with van der Waals surface area (Å²) in [7, 11) is 0. The SMILES string of the molecule is CC(C)(C)OC(=O)c1cc(C(N)=S)cc2nc3ccccc3cc12. The highest BCUT2D eigenvalue weighted by molar-refractivity contribution is 7.80. The minimum atomic E-state index is -0.590. The smallest absolute Gasteiger partial charge is 0.339 e. The summed E-state index contributed by atoms with van der Waals surface area (Å²) in [5.74, 6) is -0.414. The summed E-state index contributed by atoms with van der Waals surface area (Å²) in [5, 5.41) is 1.68. The fourth-order valence-electron chi connectivity index (χ4n) is 2.52. The first-order valence-electron chi connectivity index (χ1n) is 7.61. The van der Waals surface area contributed by atoms with Gasteiger partial charge in [-0.1, -0.05) is 30.4 Å². The van der Waals surface area contributed by atoms with Gasteiger partial charge in [0.1, 0.15) is 10.6 Å². The van der Waals surface area contributed by atoms with Crippen LogP contribution in [-0.4, -0.2) is 21.5 Å². The molecule has 0 saturated carbocycles. The van der Waals surface area contributed by atoms with Gasteiger partial charge in [0, 0.05) is 16.3 Å². The van der Waals surface area contributed by atoms with Crippen molar-refractivity contribution in [3.63, 3.8) is 0 Å². The van der Waals surface area contributed by atoms with Crippen molar-refractivity contribution in [1.29, 1.82) is 0 Å². The fraction of sp³-hybridized carbons (Fsp3) is 0.211. The first-order valence-corrected chi connectivity index (χ1v) is 8.02. The van der Waals surface area contributed by atoms with Gasteiger partial charge in [-0.25, -0.2) is 9.78 Å². The van der Waals surface area contributed by atoms with Crippen LogP contribution in [0.1, 0.15) is 36.7 Å². The lowest BCUT2D eigenvalue weighted by molar-refractivity contribution is 0.00718. The van der Waals surface area contributed by atoms with Gasteiger partial charge in [-0.3, -0.25) is 0 Å². The van der Waals surface area contributed by atoms with Gasteiger partial charge in [-0.2, -0.15) is 0 Å². The Morgan fingerprint density at radius 2 is 1.83 bits per heavy atom. The van der Waals surface area contributed by atoms with Crippen LogP contribution in [0.2, 0.25) is 0 Å². The van der Waals surface area contributed by atoms with E-state index in [1.807, 2.05) is 51.1 Å². The number of pyridine rings is 1. The normalized spacial score (nSPS) is 11.6. The zero-order chi connectivity index (χ0) is 17.5. The molecule has 0 atom stereocenters. The van der Waals surface area contributed by atoms with E-state index in [1.54, 1.807) is 12.1 Å². The third kappa shape index (κ3) is 3.21. The van der Waals surface area contributed by atoms with E-state index in [4.69, 9.17) is 22.7 Å². The minimum Gasteiger partial charge on any atom is -0.456 e. The summed E-state index contributed by atoms with van der Waals surface area (Å²) in [4.78, 5) is 17.5. The van der Waals surface area contributed by atoms with Gasteiger partial charge in [0.15, 0.2) is 0 Å². The van der Waals surface area contributed by atoms with E-state index in [0.29, 0.717) is 16.6 Å². The highest BCUT2D eigenvalue weighted by atomic mass is 32.1. The Kier molecular flexibility index (Phi) is 3.97. The molecular formula is C19H18N2O2S. The molecule has 0 aliphatic rings. The standard InChI is InChI=1S/C19H18N2O2S/c1-19(2,3)23-18(22)14-9-12(17(20)24)10-16-13(14)8-11-6-4-5-7-15(11)21-16/h4-10H,1-3H3,(H2,20,24). The number of carbonyl (C=O) groups is 1. The van der Waals surface area contributed by atoms with Crippen LogP contribution >= 0.6 is 12.2 Å². The first-order chi connectivity index (χ1) is 11.2. The van der Waals surface area contributed by atoms with E-state index >= 15 is 0 Å². The van der Waals surface area contributed by atoms with Gasteiger partial charge in [0.05, 0.1) is 16.6 Å². The lowest BCUT2D eigenvalue weighted by Crippen LogP contribution is -2.24. The lowest BCUT2D eigenvalue weighted by Gasteiger charge is -2.20. The molecule has 0 aliphatic carbocycles. The Morgan fingerprint density at radius 3 is 2.50 bits per heavy atom. The van der Waals surface area contributed by atoms with Crippen molar-refractivity contribution >= 4 is 45.0 Å². The molecule has 2 N–H and O–H groups in total.